The second-order valence-electron chi connectivity index (χ2n) is 7.70. The highest BCUT2D eigenvalue weighted by molar-refractivity contribution is 5.16. The van der Waals surface area contributed by atoms with Crippen LogP contribution in [0.2, 0.25) is 0 Å². The van der Waals surface area contributed by atoms with Crippen LogP contribution >= 0.6 is 0 Å². The number of rotatable bonds is 4. The first-order chi connectivity index (χ1) is 11.2. The summed E-state index contributed by atoms with van der Waals surface area (Å²) in [5.74, 6) is 1.60. The Labute approximate surface area is 141 Å². The van der Waals surface area contributed by atoms with Crippen LogP contribution in [0.15, 0.2) is 18.3 Å². The number of nitrogens with zero attached hydrogens (tertiary/aromatic N) is 3. The second-order valence-corrected chi connectivity index (χ2v) is 7.70. The Bertz CT molecular complexity index is 542. The third-order valence-corrected chi connectivity index (χ3v) is 5.87. The van der Waals surface area contributed by atoms with Crippen molar-refractivity contribution in [2.45, 2.75) is 50.5 Å². The molecule has 0 saturated heterocycles. The van der Waals surface area contributed by atoms with Crippen LogP contribution in [0.25, 0.3) is 0 Å². The normalized spacial score (nSPS) is 30.3. The minimum Gasteiger partial charge on any atom is -0.306 e. The van der Waals surface area contributed by atoms with Crippen LogP contribution in [-0.2, 0) is 12.7 Å². The van der Waals surface area contributed by atoms with E-state index in [2.05, 4.69) is 35.9 Å². The molecule has 0 N–H and O–H groups in total. The van der Waals surface area contributed by atoms with Gasteiger partial charge in [-0.25, -0.2) is 0 Å². The summed E-state index contributed by atoms with van der Waals surface area (Å²) in [5.41, 5.74) is 0.0211. The fraction of sp³-hybridized carbons (Fsp3) is 0.722. The van der Waals surface area contributed by atoms with Gasteiger partial charge >= 0.3 is 6.18 Å². The van der Waals surface area contributed by atoms with Crippen molar-refractivity contribution in [3.63, 3.8) is 0 Å². The summed E-state index contributed by atoms with van der Waals surface area (Å²) >= 11 is 0. The van der Waals surface area contributed by atoms with Gasteiger partial charge in [0.2, 0.25) is 0 Å². The highest BCUT2D eigenvalue weighted by atomic mass is 19.4. The number of fused-ring (bicyclic) bond motifs is 1. The van der Waals surface area contributed by atoms with Gasteiger partial charge in [0.1, 0.15) is 5.69 Å². The molecule has 2 fully saturated rings. The van der Waals surface area contributed by atoms with Crippen LogP contribution in [-0.4, -0.2) is 48.0 Å². The summed E-state index contributed by atoms with van der Waals surface area (Å²) in [5, 5.41) is 0. The average Bonchev–Trinajstić information content (AvgIpc) is 3.05. The lowest BCUT2D eigenvalue weighted by molar-refractivity contribution is -0.141. The lowest BCUT2D eigenvalue weighted by Crippen LogP contribution is -2.31. The Hall–Kier alpha value is -1.14. The van der Waals surface area contributed by atoms with Gasteiger partial charge in [-0.1, -0.05) is 6.07 Å². The molecule has 1 aromatic rings. The molecular formula is C18H26F3N3. The molecule has 1 heterocycles. The molecule has 134 valence electrons. The number of alkyl halides is 3. The molecule has 2 unspecified atom stereocenters. The van der Waals surface area contributed by atoms with Crippen molar-refractivity contribution in [1.82, 2.24) is 14.8 Å². The molecule has 0 radical (unpaired) electrons. The molecule has 0 amide bonds. The molecule has 0 spiro atoms. The van der Waals surface area contributed by atoms with Crippen LogP contribution in [0, 0.1) is 11.8 Å². The van der Waals surface area contributed by atoms with Gasteiger partial charge in [-0.05, 0) is 70.3 Å². The van der Waals surface area contributed by atoms with Crippen molar-refractivity contribution in [2.24, 2.45) is 11.8 Å². The molecule has 2 aliphatic rings. The first-order valence-corrected chi connectivity index (χ1v) is 8.63. The number of pyridine rings is 1. The van der Waals surface area contributed by atoms with E-state index in [1.165, 1.54) is 31.9 Å². The average molecular weight is 341 g/mol. The topological polar surface area (TPSA) is 19.4 Å². The van der Waals surface area contributed by atoms with Gasteiger partial charge in [-0.3, -0.25) is 9.88 Å². The predicted octanol–water partition coefficient (Wildman–Crippen LogP) is 3.65. The van der Waals surface area contributed by atoms with Crippen molar-refractivity contribution in [3.8, 4) is 0 Å². The highest BCUT2D eigenvalue weighted by Crippen LogP contribution is 2.46. The first kappa shape index (κ1) is 17.7. The third kappa shape index (κ3) is 3.75. The molecule has 0 bridgehead atoms. The number of hydrogen-bond acceptors (Lipinski definition) is 3. The Morgan fingerprint density at radius 1 is 1.00 bits per heavy atom. The highest BCUT2D eigenvalue weighted by Gasteiger charge is 2.43. The van der Waals surface area contributed by atoms with Crippen LogP contribution < -0.4 is 0 Å². The fourth-order valence-electron chi connectivity index (χ4n) is 4.44. The molecule has 24 heavy (non-hydrogen) atoms. The van der Waals surface area contributed by atoms with Crippen molar-refractivity contribution in [1.29, 1.82) is 0 Å². The summed E-state index contributed by atoms with van der Waals surface area (Å²) in [6.07, 6.45) is 1.97. The zero-order valence-corrected chi connectivity index (χ0v) is 14.6. The summed E-state index contributed by atoms with van der Waals surface area (Å²) < 4.78 is 37.7. The minimum absolute atomic E-state index is 0.533. The van der Waals surface area contributed by atoms with Crippen molar-refractivity contribution in [2.75, 3.05) is 21.1 Å². The van der Waals surface area contributed by atoms with E-state index in [1.54, 1.807) is 6.07 Å². The second kappa shape index (κ2) is 6.64. The fourth-order valence-corrected chi connectivity index (χ4v) is 4.44. The summed E-state index contributed by atoms with van der Waals surface area (Å²) in [7, 11) is 6.40. The van der Waals surface area contributed by atoms with Crippen LogP contribution in [0.5, 0.6) is 0 Å². The Balaban J connectivity index is 1.54. The van der Waals surface area contributed by atoms with E-state index in [4.69, 9.17) is 0 Å². The van der Waals surface area contributed by atoms with E-state index in [0.29, 0.717) is 18.6 Å². The molecule has 6 heteroatoms. The monoisotopic (exact) mass is 341 g/mol. The smallest absolute Gasteiger partial charge is 0.306 e. The standard InChI is InChI=1S/C18H26F3N3/c1-23(2)15-6-13-8-16(9-14(13)7-15)24(3)11-12-4-5-17(22-10-12)18(19,20)21/h4-5,10,13-16H,6-9,11H2,1-3H3/t13-,14+,15?,16?. The molecule has 3 rings (SSSR count). The molecule has 4 atom stereocenters. The largest absolute Gasteiger partial charge is 0.433 e. The van der Waals surface area contributed by atoms with Crippen LogP contribution in [0.3, 0.4) is 0 Å². The maximum absolute atomic E-state index is 12.6. The minimum atomic E-state index is -4.36. The van der Waals surface area contributed by atoms with E-state index in [1.807, 2.05) is 0 Å². The Morgan fingerprint density at radius 3 is 2.04 bits per heavy atom. The maximum Gasteiger partial charge on any atom is 0.433 e. The number of aromatic nitrogens is 1. The SMILES string of the molecule is CN(C)C1C[C@@H]2CC(N(C)Cc3ccc(C(F)(F)F)nc3)C[C@@H]2C1. The van der Waals surface area contributed by atoms with Gasteiger partial charge in [-0.2, -0.15) is 13.2 Å². The van der Waals surface area contributed by atoms with E-state index in [9.17, 15) is 13.2 Å². The summed E-state index contributed by atoms with van der Waals surface area (Å²) in [6, 6.07) is 3.87. The van der Waals surface area contributed by atoms with E-state index >= 15 is 0 Å². The molecule has 0 aliphatic heterocycles. The van der Waals surface area contributed by atoms with Gasteiger partial charge in [0, 0.05) is 24.8 Å². The number of hydrogen-bond donors (Lipinski definition) is 0. The molecular weight excluding hydrogens is 315 g/mol. The lowest BCUT2D eigenvalue weighted by atomic mass is 10.0. The van der Waals surface area contributed by atoms with Gasteiger partial charge in [0.15, 0.2) is 0 Å². The molecule has 2 saturated carbocycles. The third-order valence-electron chi connectivity index (χ3n) is 5.87. The van der Waals surface area contributed by atoms with Gasteiger partial charge in [-0.15, -0.1) is 0 Å². The van der Waals surface area contributed by atoms with Crippen molar-refractivity contribution in [3.05, 3.63) is 29.6 Å². The first-order valence-electron chi connectivity index (χ1n) is 8.63. The van der Waals surface area contributed by atoms with Crippen LogP contribution in [0.1, 0.15) is 36.9 Å². The summed E-state index contributed by atoms with van der Waals surface area (Å²) in [4.78, 5) is 8.18. The molecule has 1 aromatic heterocycles. The van der Waals surface area contributed by atoms with Crippen molar-refractivity contribution >= 4 is 0 Å². The quantitative estimate of drug-likeness (QED) is 0.833. The molecule has 0 aromatic carbocycles. The number of halogens is 3. The van der Waals surface area contributed by atoms with Crippen molar-refractivity contribution < 1.29 is 13.2 Å². The van der Waals surface area contributed by atoms with E-state index < -0.39 is 11.9 Å². The lowest BCUT2D eigenvalue weighted by Gasteiger charge is -2.27. The zero-order chi connectivity index (χ0) is 17.5. The van der Waals surface area contributed by atoms with Gasteiger partial charge in [0.05, 0.1) is 0 Å². The summed E-state index contributed by atoms with van der Waals surface area (Å²) in [6.45, 7) is 0.659. The Kier molecular flexibility index (Phi) is 4.89. The Morgan fingerprint density at radius 2 is 1.58 bits per heavy atom. The zero-order valence-electron chi connectivity index (χ0n) is 14.6. The van der Waals surface area contributed by atoms with E-state index in [0.717, 1.165) is 23.5 Å². The van der Waals surface area contributed by atoms with Gasteiger partial charge < -0.3 is 4.90 Å². The molecule has 2 aliphatic carbocycles. The predicted molar refractivity (Wildman–Crippen MR) is 87.4 cm³/mol. The molecule has 3 nitrogen and oxygen atoms in total. The van der Waals surface area contributed by atoms with E-state index in [-0.39, 0.29) is 0 Å². The maximum atomic E-state index is 12.6. The van der Waals surface area contributed by atoms with Crippen LogP contribution in [0.4, 0.5) is 13.2 Å². The van der Waals surface area contributed by atoms with Gasteiger partial charge in [0.25, 0.3) is 0 Å².